The van der Waals surface area contributed by atoms with E-state index in [-0.39, 0.29) is 12.1 Å². The highest BCUT2D eigenvalue weighted by Crippen LogP contribution is 2.17. The van der Waals surface area contributed by atoms with Crippen molar-refractivity contribution in [3.8, 4) is 0 Å². The molecule has 0 saturated carbocycles. The Morgan fingerprint density at radius 1 is 1.25 bits per heavy atom. The van der Waals surface area contributed by atoms with E-state index in [1.54, 1.807) is 4.90 Å². The predicted molar refractivity (Wildman–Crippen MR) is 94.2 cm³/mol. The van der Waals surface area contributed by atoms with Crippen LogP contribution in [-0.2, 0) is 11.2 Å². The Balaban J connectivity index is 1.86. The summed E-state index contributed by atoms with van der Waals surface area (Å²) in [5.41, 5.74) is 2.50. The molecule has 0 bridgehead atoms. The summed E-state index contributed by atoms with van der Waals surface area (Å²) in [5.74, 6) is -0.744. The molecule has 1 aliphatic rings. The van der Waals surface area contributed by atoms with Crippen LogP contribution in [0.3, 0.4) is 0 Å². The molecule has 132 valence electrons. The van der Waals surface area contributed by atoms with Gasteiger partial charge >= 0.3 is 12.0 Å². The van der Waals surface area contributed by atoms with Gasteiger partial charge in [0, 0.05) is 19.1 Å². The maximum absolute atomic E-state index is 12.3. The van der Waals surface area contributed by atoms with Crippen LogP contribution in [0.4, 0.5) is 4.79 Å². The van der Waals surface area contributed by atoms with Crippen LogP contribution in [0, 0.1) is 5.92 Å². The summed E-state index contributed by atoms with van der Waals surface area (Å²) in [7, 11) is 0. The van der Waals surface area contributed by atoms with Crippen molar-refractivity contribution >= 4 is 12.0 Å². The number of nitrogens with one attached hydrogen (secondary N) is 1. The van der Waals surface area contributed by atoms with Crippen LogP contribution in [-0.4, -0.2) is 41.1 Å². The molecule has 1 aromatic rings. The van der Waals surface area contributed by atoms with Gasteiger partial charge in [-0.3, -0.25) is 4.79 Å². The van der Waals surface area contributed by atoms with Gasteiger partial charge in [0.25, 0.3) is 0 Å². The second-order valence-electron chi connectivity index (χ2n) is 7.07. The molecule has 0 aliphatic carbocycles. The number of hydrogen-bond donors (Lipinski definition) is 2. The first kappa shape index (κ1) is 18.3. The summed E-state index contributed by atoms with van der Waals surface area (Å²) in [4.78, 5) is 25.1. The number of carbonyl (C=O) groups is 2. The van der Waals surface area contributed by atoms with Crippen molar-refractivity contribution in [1.29, 1.82) is 0 Å². The smallest absolute Gasteiger partial charge is 0.317 e. The summed E-state index contributed by atoms with van der Waals surface area (Å²) in [5, 5.41) is 12.1. The molecule has 1 heterocycles. The average molecular weight is 332 g/mol. The number of piperidine rings is 1. The third kappa shape index (κ3) is 4.98. The Hall–Kier alpha value is -2.04. The van der Waals surface area contributed by atoms with Crippen molar-refractivity contribution in [3.05, 3.63) is 35.4 Å². The van der Waals surface area contributed by atoms with Gasteiger partial charge in [-0.25, -0.2) is 4.79 Å². The van der Waals surface area contributed by atoms with Crippen molar-refractivity contribution in [1.82, 2.24) is 10.2 Å². The molecule has 0 spiro atoms. The van der Waals surface area contributed by atoms with E-state index in [4.69, 9.17) is 5.11 Å². The first-order valence-corrected chi connectivity index (χ1v) is 8.74. The molecule has 5 heteroatoms. The average Bonchev–Trinajstić information content (AvgIpc) is 2.55. The van der Waals surface area contributed by atoms with Gasteiger partial charge in [0.1, 0.15) is 0 Å². The molecule has 1 aliphatic heterocycles. The minimum Gasteiger partial charge on any atom is -0.481 e. The number of aliphatic carboxylic acids is 1. The van der Waals surface area contributed by atoms with Gasteiger partial charge in [-0.05, 0) is 43.2 Å². The third-order valence-corrected chi connectivity index (χ3v) is 4.62. The molecule has 1 fully saturated rings. The zero-order chi connectivity index (χ0) is 17.7. The van der Waals surface area contributed by atoms with E-state index in [0.717, 1.165) is 12.8 Å². The van der Waals surface area contributed by atoms with Crippen molar-refractivity contribution in [2.24, 2.45) is 5.92 Å². The molecular formula is C19H28N2O3. The van der Waals surface area contributed by atoms with E-state index in [0.29, 0.717) is 25.4 Å². The Kier molecular flexibility index (Phi) is 6.23. The van der Waals surface area contributed by atoms with Crippen LogP contribution in [0.25, 0.3) is 0 Å². The minimum absolute atomic E-state index is 0.00704. The van der Waals surface area contributed by atoms with Gasteiger partial charge in [0.2, 0.25) is 0 Å². The Morgan fingerprint density at radius 3 is 2.50 bits per heavy atom. The second kappa shape index (κ2) is 8.18. The molecule has 1 saturated heterocycles. The van der Waals surface area contributed by atoms with E-state index in [1.807, 2.05) is 6.92 Å². The number of amides is 2. The highest BCUT2D eigenvalue weighted by atomic mass is 16.4. The zero-order valence-electron chi connectivity index (χ0n) is 14.8. The van der Waals surface area contributed by atoms with Crippen molar-refractivity contribution in [3.63, 3.8) is 0 Å². The van der Waals surface area contributed by atoms with Crippen LogP contribution in [0.5, 0.6) is 0 Å². The fourth-order valence-electron chi connectivity index (χ4n) is 3.11. The number of carboxylic acids is 1. The van der Waals surface area contributed by atoms with Gasteiger partial charge in [0.15, 0.2) is 0 Å². The van der Waals surface area contributed by atoms with Crippen molar-refractivity contribution in [2.75, 3.05) is 13.1 Å². The summed E-state index contributed by atoms with van der Waals surface area (Å²) >= 11 is 0. The lowest BCUT2D eigenvalue weighted by Crippen LogP contribution is -2.49. The summed E-state index contributed by atoms with van der Waals surface area (Å²) < 4.78 is 0. The van der Waals surface area contributed by atoms with Crippen LogP contribution < -0.4 is 5.32 Å². The standard InChI is InChI=1S/C19H28N2O3/c1-13(2)16-8-6-15(7-9-16)11-14(3)20-19(24)21-10-4-5-17(12-21)18(22)23/h6-9,13-14,17H,4-5,10-12H2,1-3H3,(H,20,24)(H,22,23). The molecular weight excluding hydrogens is 304 g/mol. The number of hydrogen-bond acceptors (Lipinski definition) is 2. The zero-order valence-corrected chi connectivity index (χ0v) is 14.8. The Labute approximate surface area is 144 Å². The third-order valence-electron chi connectivity index (χ3n) is 4.62. The van der Waals surface area contributed by atoms with Crippen LogP contribution in [0.2, 0.25) is 0 Å². The summed E-state index contributed by atoms with van der Waals surface area (Å²) in [6.07, 6.45) is 2.16. The molecule has 0 radical (unpaired) electrons. The molecule has 1 aromatic carbocycles. The van der Waals surface area contributed by atoms with Crippen molar-refractivity contribution in [2.45, 2.75) is 52.0 Å². The monoisotopic (exact) mass is 332 g/mol. The molecule has 2 N–H and O–H groups in total. The summed E-state index contributed by atoms with van der Waals surface area (Å²) in [6, 6.07) is 8.34. The lowest BCUT2D eigenvalue weighted by molar-refractivity contribution is -0.143. The second-order valence-corrected chi connectivity index (χ2v) is 7.07. The molecule has 24 heavy (non-hydrogen) atoms. The number of benzene rings is 1. The van der Waals surface area contributed by atoms with E-state index in [1.165, 1.54) is 11.1 Å². The van der Waals surface area contributed by atoms with Gasteiger partial charge < -0.3 is 15.3 Å². The van der Waals surface area contributed by atoms with Crippen molar-refractivity contribution < 1.29 is 14.7 Å². The molecule has 2 amide bonds. The van der Waals surface area contributed by atoms with E-state index < -0.39 is 11.9 Å². The van der Waals surface area contributed by atoms with Gasteiger partial charge in [-0.1, -0.05) is 38.1 Å². The highest BCUT2D eigenvalue weighted by Gasteiger charge is 2.28. The SMILES string of the molecule is CC(Cc1ccc(C(C)C)cc1)NC(=O)N1CCCC(C(=O)O)C1. The fourth-order valence-corrected chi connectivity index (χ4v) is 3.11. The maximum atomic E-state index is 12.3. The summed E-state index contributed by atoms with van der Waals surface area (Å²) in [6.45, 7) is 7.25. The van der Waals surface area contributed by atoms with Gasteiger partial charge in [0.05, 0.1) is 5.92 Å². The number of carbonyl (C=O) groups excluding carboxylic acids is 1. The quantitative estimate of drug-likeness (QED) is 0.869. The van der Waals surface area contributed by atoms with Gasteiger partial charge in [-0.15, -0.1) is 0 Å². The fraction of sp³-hybridized carbons (Fsp3) is 0.579. The van der Waals surface area contributed by atoms with Crippen LogP contribution in [0.15, 0.2) is 24.3 Å². The normalized spacial score (nSPS) is 19.2. The minimum atomic E-state index is -0.814. The Morgan fingerprint density at radius 2 is 1.92 bits per heavy atom. The number of rotatable bonds is 5. The predicted octanol–water partition coefficient (Wildman–Crippen LogP) is 3.25. The maximum Gasteiger partial charge on any atom is 0.317 e. The number of nitrogens with zero attached hydrogens (tertiary/aromatic N) is 1. The van der Waals surface area contributed by atoms with E-state index in [9.17, 15) is 9.59 Å². The van der Waals surface area contributed by atoms with Crippen LogP contribution in [0.1, 0.15) is 50.7 Å². The topological polar surface area (TPSA) is 69.6 Å². The molecule has 2 atom stereocenters. The molecule has 2 unspecified atom stereocenters. The highest BCUT2D eigenvalue weighted by molar-refractivity contribution is 5.76. The number of urea groups is 1. The lowest BCUT2D eigenvalue weighted by Gasteiger charge is -2.31. The van der Waals surface area contributed by atoms with E-state index >= 15 is 0 Å². The molecule has 5 nitrogen and oxygen atoms in total. The number of carboxylic acid groups (broad SMARTS) is 1. The lowest BCUT2D eigenvalue weighted by atomic mass is 9.98. The molecule has 2 rings (SSSR count). The first-order chi connectivity index (χ1) is 11.4. The molecule has 0 aromatic heterocycles. The Bertz CT molecular complexity index is 568. The number of likely N-dealkylation sites (tertiary alicyclic amines) is 1. The van der Waals surface area contributed by atoms with Crippen LogP contribution >= 0.6 is 0 Å². The largest absolute Gasteiger partial charge is 0.481 e. The van der Waals surface area contributed by atoms with E-state index in [2.05, 4.69) is 43.4 Å². The van der Waals surface area contributed by atoms with Gasteiger partial charge in [-0.2, -0.15) is 0 Å². The first-order valence-electron chi connectivity index (χ1n) is 8.74.